The molecule has 0 saturated carbocycles. The SMILES string of the molecule is NNc1cc(Sc2nncs2)ncn1. The highest BCUT2D eigenvalue weighted by Gasteiger charge is 2.02. The van der Waals surface area contributed by atoms with Crippen molar-refractivity contribution in [2.75, 3.05) is 5.43 Å². The lowest BCUT2D eigenvalue weighted by atomic mass is 10.6. The van der Waals surface area contributed by atoms with Gasteiger partial charge in [-0.05, 0) is 11.8 Å². The van der Waals surface area contributed by atoms with E-state index in [4.69, 9.17) is 5.84 Å². The van der Waals surface area contributed by atoms with E-state index < -0.39 is 0 Å². The normalized spacial score (nSPS) is 10.1. The van der Waals surface area contributed by atoms with Crippen LogP contribution in [-0.4, -0.2) is 20.2 Å². The largest absolute Gasteiger partial charge is 0.308 e. The monoisotopic (exact) mass is 226 g/mol. The van der Waals surface area contributed by atoms with Crippen LogP contribution in [0.5, 0.6) is 0 Å². The minimum absolute atomic E-state index is 0.576. The summed E-state index contributed by atoms with van der Waals surface area (Å²) in [6, 6.07) is 1.74. The third-order valence-electron chi connectivity index (χ3n) is 1.32. The van der Waals surface area contributed by atoms with Gasteiger partial charge >= 0.3 is 0 Å². The summed E-state index contributed by atoms with van der Waals surface area (Å²) in [5.74, 6) is 5.79. The Morgan fingerprint density at radius 1 is 1.43 bits per heavy atom. The second kappa shape index (κ2) is 4.31. The van der Waals surface area contributed by atoms with E-state index in [1.807, 2.05) is 0 Å². The number of nitrogens with one attached hydrogen (secondary N) is 1. The van der Waals surface area contributed by atoms with Gasteiger partial charge in [-0.15, -0.1) is 10.2 Å². The second-order valence-electron chi connectivity index (χ2n) is 2.19. The standard InChI is InChI=1S/C6H6N6S2/c7-11-4-1-5(9-2-8-4)14-6-12-10-3-13-6/h1-3H,7H2,(H,8,9,11). The zero-order valence-corrected chi connectivity index (χ0v) is 8.55. The first-order valence-corrected chi connectivity index (χ1v) is 5.31. The molecule has 72 valence electrons. The number of anilines is 1. The van der Waals surface area contributed by atoms with Crippen molar-refractivity contribution in [1.82, 2.24) is 20.2 Å². The van der Waals surface area contributed by atoms with Gasteiger partial charge in [-0.25, -0.2) is 15.8 Å². The van der Waals surface area contributed by atoms with Crippen LogP contribution in [0.2, 0.25) is 0 Å². The predicted octanol–water partition coefficient (Wildman–Crippen LogP) is 0.765. The van der Waals surface area contributed by atoms with Crippen molar-refractivity contribution in [2.24, 2.45) is 5.84 Å². The molecule has 3 N–H and O–H groups in total. The number of hydrazine groups is 1. The molecule has 0 radical (unpaired) electrons. The van der Waals surface area contributed by atoms with E-state index in [2.05, 4.69) is 25.6 Å². The number of rotatable bonds is 3. The summed E-state index contributed by atoms with van der Waals surface area (Å²) >= 11 is 2.88. The maximum absolute atomic E-state index is 5.22. The highest BCUT2D eigenvalue weighted by molar-refractivity contribution is 8.00. The Labute approximate surface area is 88.0 Å². The minimum atomic E-state index is 0.576. The number of nitrogens with zero attached hydrogens (tertiary/aromatic N) is 4. The molecule has 0 aliphatic carbocycles. The van der Waals surface area contributed by atoms with E-state index in [0.29, 0.717) is 5.82 Å². The van der Waals surface area contributed by atoms with Gasteiger partial charge in [-0.3, -0.25) is 0 Å². The molecule has 0 spiro atoms. The molecule has 8 heteroatoms. The second-order valence-corrected chi connectivity index (χ2v) is 4.29. The summed E-state index contributed by atoms with van der Waals surface area (Å²) in [4.78, 5) is 7.95. The Balaban J connectivity index is 2.17. The van der Waals surface area contributed by atoms with E-state index >= 15 is 0 Å². The fraction of sp³-hybridized carbons (Fsp3) is 0. The van der Waals surface area contributed by atoms with Gasteiger partial charge in [0, 0.05) is 6.07 Å². The Morgan fingerprint density at radius 2 is 2.36 bits per heavy atom. The van der Waals surface area contributed by atoms with Gasteiger partial charge in [-0.1, -0.05) is 11.3 Å². The maximum atomic E-state index is 5.22. The van der Waals surface area contributed by atoms with Crippen LogP contribution in [-0.2, 0) is 0 Å². The number of hydrogen-bond acceptors (Lipinski definition) is 8. The van der Waals surface area contributed by atoms with Crippen molar-refractivity contribution in [2.45, 2.75) is 9.37 Å². The van der Waals surface area contributed by atoms with Crippen molar-refractivity contribution in [3.05, 3.63) is 17.9 Å². The van der Waals surface area contributed by atoms with Crippen LogP contribution in [0.1, 0.15) is 0 Å². The predicted molar refractivity (Wildman–Crippen MR) is 53.9 cm³/mol. The lowest BCUT2D eigenvalue weighted by molar-refractivity contribution is 0.997. The van der Waals surface area contributed by atoms with Crippen molar-refractivity contribution in [3.63, 3.8) is 0 Å². The molecule has 14 heavy (non-hydrogen) atoms. The number of hydrogen-bond donors (Lipinski definition) is 2. The van der Waals surface area contributed by atoms with Crippen LogP contribution >= 0.6 is 23.1 Å². The Hall–Kier alpha value is -1.25. The fourth-order valence-corrected chi connectivity index (χ4v) is 2.16. The highest BCUT2D eigenvalue weighted by atomic mass is 32.2. The van der Waals surface area contributed by atoms with Gasteiger partial charge in [0.05, 0.1) is 0 Å². The van der Waals surface area contributed by atoms with Gasteiger partial charge in [0.25, 0.3) is 0 Å². The Kier molecular flexibility index (Phi) is 2.87. The average Bonchev–Trinajstić information content (AvgIpc) is 2.71. The Morgan fingerprint density at radius 3 is 3.07 bits per heavy atom. The fourth-order valence-electron chi connectivity index (χ4n) is 0.771. The summed E-state index contributed by atoms with van der Waals surface area (Å²) in [6.07, 6.45) is 1.44. The third kappa shape index (κ3) is 2.16. The summed E-state index contributed by atoms with van der Waals surface area (Å²) in [5.41, 5.74) is 4.12. The minimum Gasteiger partial charge on any atom is -0.308 e. The molecule has 0 aliphatic heterocycles. The number of nitrogens with two attached hydrogens (primary N) is 1. The van der Waals surface area contributed by atoms with Gasteiger partial charge in [0.1, 0.15) is 22.7 Å². The van der Waals surface area contributed by atoms with Gasteiger partial charge in [0.2, 0.25) is 0 Å². The molecule has 2 rings (SSSR count). The van der Waals surface area contributed by atoms with E-state index in [1.165, 1.54) is 29.4 Å². The molecule has 0 atom stereocenters. The summed E-state index contributed by atoms with van der Waals surface area (Å²) in [7, 11) is 0. The lowest BCUT2D eigenvalue weighted by Crippen LogP contribution is -2.08. The quantitative estimate of drug-likeness (QED) is 0.453. The molecule has 0 fully saturated rings. The van der Waals surface area contributed by atoms with E-state index in [0.717, 1.165) is 9.37 Å². The summed E-state index contributed by atoms with van der Waals surface area (Å²) in [6.45, 7) is 0. The molecule has 0 unspecified atom stereocenters. The molecule has 0 aromatic carbocycles. The van der Waals surface area contributed by atoms with Crippen molar-refractivity contribution >= 4 is 28.9 Å². The molecule has 0 bridgehead atoms. The van der Waals surface area contributed by atoms with Crippen molar-refractivity contribution < 1.29 is 0 Å². The van der Waals surface area contributed by atoms with Crippen molar-refractivity contribution in [1.29, 1.82) is 0 Å². The maximum Gasteiger partial charge on any atom is 0.180 e. The van der Waals surface area contributed by atoms with Crippen LogP contribution in [0.15, 0.2) is 27.3 Å². The van der Waals surface area contributed by atoms with Crippen LogP contribution in [0.3, 0.4) is 0 Å². The first-order chi connectivity index (χ1) is 6.88. The van der Waals surface area contributed by atoms with Gasteiger partial charge < -0.3 is 5.43 Å². The highest BCUT2D eigenvalue weighted by Crippen LogP contribution is 2.27. The molecular weight excluding hydrogens is 220 g/mol. The van der Waals surface area contributed by atoms with E-state index in [1.54, 1.807) is 11.6 Å². The van der Waals surface area contributed by atoms with Crippen molar-refractivity contribution in [3.8, 4) is 0 Å². The average molecular weight is 226 g/mol. The molecule has 0 amide bonds. The first kappa shape index (κ1) is 9.31. The van der Waals surface area contributed by atoms with E-state index in [-0.39, 0.29) is 0 Å². The number of nitrogen functional groups attached to an aromatic ring is 1. The molecule has 0 saturated heterocycles. The molecule has 2 aromatic heterocycles. The zero-order valence-electron chi connectivity index (χ0n) is 6.91. The van der Waals surface area contributed by atoms with Gasteiger partial charge in [-0.2, -0.15) is 0 Å². The topological polar surface area (TPSA) is 89.6 Å². The molecular formula is C6H6N6S2. The molecule has 0 aliphatic rings. The molecule has 2 aromatic rings. The number of aromatic nitrogens is 4. The molecule has 6 nitrogen and oxygen atoms in total. The third-order valence-corrected chi connectivity index (χ3v) is 3.03. The summed E-state index contributed by atoms with van der Waals surface area (Å²) < 4.78 is 0.840. The van der Waals surface area contributed by atoms with Gasteiger partial charge in [0.15, 0.2) is 4.34 Å². The van der Waals surface area contributed by atoms with Crippen LogP contribution < -0.4 is 11.3 Å². The van der Waals surface area contributed by atoms with E-state index in [9.17, 15) is 0 Å². The smallest absolute Gasteiger partial charge is 0.180 e. The van der Waals surface area contributed by atoms with Crippen LogP contribution in [0, 0.1) is 0 Å². The van der Waals surface area contributed by atoms with Crippen LogP contribution in [0.25, 0.3) is 0 Å². The first-order valence-electron chi connectivity index (χ1n) is 3.61. The lowest BCUT2D eigenvalue weighted by Gasteiger charge is -1.99. The van der Waals surface area contributed by atoms with Crippen LogP contribution in [0.4, 0.5) is 5.82 Å². The Bertz CT molecular complexity index is 402. The molecule has 2 heterocycles. The zero-order chi connectivity index (χ0) is 9.80. The summed E-state index contributed by atoms with van der Waals surface area (Å²) in [5, 5.41) is 8.39.